The lowest BCUT2D eigenvalue weighted by Crippen LogP contribution is -2.42. The Hall–Kier alpha value is -1.80. The maximum absolute atomic E-state index is 12.9. The largest absolute Gasteiger partial charge is 0.490 e. The zero-order valence-electron chi connectivity index (χ0n) is 13.8. The number of amides is 1. The van der Waals surface area contributed by atoms with Gasteiger partial charge >= 0.3 is 0 Å². The fourth-order valence-corrected chi connectivity index (χ4v) is 4.21. The minimum atomic E-state index is -3.68. The first-order chi connectivity index (χ1) is 11.2. The third-order valence-electron chi connectivity index (χ3n) is 4.55. The van der Waals surface area contributed by atoms with Gasteiger partial charge in [-0.2, -0.15) is 0 Å². The number of nitrogens with zero attached hydrogens (tertiary/aromatic N) is 1. The first-order valence-corrected chi connectivity index (χ1v) is 9.53. The Labute approximate surface area is 141 Å². The van der Waals surface area contributed by atoms with Gasteiger partial charge in [0, 0.05) is 24.1 Å². The molecule has 24 heavy (non-hydrogen) atoms. The number of nitrogens with two attached hydrogens (primary N) is 1. The first-order valence-electron chi connectivity index (χ1n) is 7.92. The standard InChI is InChI=1S/C16H22N2O5S/c1-16(2)9-12(24(17,20)21)10-18(16)15(19)11-4-5-13-14(8-11)23-7-3-6-22-13/h4-5,8,12H,3,6-7,9-10H2,1-2H3,(H2,17,20,21). The van der Waals surface area contributed by atoms with Gasteiger partial charge in [0.1, 0.15) is 0 Å². The molecule has 0 aromatic heterocycles. The number of primary sulfonamides is 1. The maximum Gasteiger partial charge on any atom is 0.254 e. The van der Waals surface area contributed by atoms with E-state index in [0.717, 1.165) is 6.42 Å². The normalized spacial score (nSPS) is 23.0. The molecular formula is C16H22N2O5S. The number of hydrogen-bond acceptors (Lipinski definition) is 5. The van der Waals surface area contributed by atoms with Crippen molar-refractivity contribution >= 4 is 15.9 Å². The molecule has 2 N–H and O–H groups in total. The molecule has 1 atom stereocenters. The number of likely N-dealkylation sites (tertiary alicyclic amines) is 1. The van der Waals surface area contributed by atoms with Gasteiger partial charge in [0.15, 0.2) is 11.5 Å². The van der Waals surface area contributed by atoms with E-state index >= 15 is 0 Å². The molecule has 0 saturated carbocycles. The zero-order chi connectivity index (χ0) is 17.5. The van der Waals surface area contributed by atoms with Crippen molar-refractivity contribution < 1.29 is 22.7 Å². The van der Waals surface area contributed by atoms with Gasteiger partial charge in [-0.15, -0.1) is 0 Å². The SMILES string of the molecule is CC1(C)CC(S(N)(=O)=O)CN1C(=O)c1ccc2c(c1)OCCCO2. The molecule has 2 heterocycles. The second-order valence-corrected chi connectivity index (χ2v) is 8.70. The van der Waals surface area contributed by atoms with Crippen LogP contribution in [-0.2, 0) is 10.0 Å². The summed E-state index contributed by atoms with van der Waals surface area (Å²) in [5.74, 6) is 0.923. The lowest BCUT2D eigenvalue weighted by molar-refractivity contribution is 0.0651. The van der Waals surface area contributed by atoms with E-state index in [-0.39, 0.29) is 12.5 Å². The minimum absolute atomic E-state index is 0.0963. The topological polar surface area (TPSA) is 98.9 Å². The van der Waals surface area contributed by atoms with E-state index in [9.17, 15) is 13.2 Å². The lowest BCUT2D eigenvalue weighted by atomic mass is 10.0. The molecule has 8 heteroatoms. The molecule has 0 aliphatic carbocycles. The second kappa shape index (κ2) is 5.93. The van der Waals surface area contributed by atoms with E-state index in [1.54, 1.807) is 23.1 Å². The lowest BCUT2D eigenvalue weighted by Gasteiger charge is -2.31. The van der Waals surface area contributed by atoms with E-state index in [1.165, 1.54) is 0 Å². The van der Waals surface area contributed by atoms with Crippen LogP contribution in [0.2, 0.25) is 0 Å². The smallest absolute Gasteiger partial charge is 0.254 e. The van der Waals surface area contributed by atoms with Crippen molar-refractivity contribution in [3.8, 4) is 11.5 Å². The van der Waals surface area contributed by atoms with E-state index in [2.05, 4.69) is 0 Å². The molecule has 1 aromatic carbocycles. The summed E-state index contributed by atoms with van der Waals surface area (Å²) < 4.78 is 34.5. The van der Waals surface area contributed by atoms with Crippen LogP contribution in [0.4, 0.5) is 0 Å². The van der Waals surface area contributed by atoms with E-state index in [0.29, 0.717) is 36.7 Å². The van der Waals surface area contributed by atoms with Crippen LogP contribution in [0.1, 0.15) is 37.0 Å². The predicted molar refractivity (Wildman–Crippen MR) is 88.7 cm³/mol. The third kappa shape index (κ3) is 3.21. The highest BCUT2D eigenvalue weighted by Crippen LogP contribution is 2.35. The summed E-state index contributed by atoms with van der Waals surface area (Å²) in [5.41, 5.74) is -0.138. The molecule has 132 valence electrons. The molecule has 1 unspecified atom stereocenters. The maximum atomic E-state index is 12.9. The fourth-order valence-electron chi connectivity index (χ4n) is 3.21. The highest BCUT2D eigenvalue weighted by molar-refractivity contribution is 7.89. The van der Waals surface area contributed by atoms with Gasteiger partial charge in [0.05, 0.1) is 18.5 Å². The van der Waals surface area contributed by atoms with Crippen molar-refractivity contribution in [1.29, 1.82) is 0 Å². The van der Waals surface area contributed by atoms with Crippen LogP contribution in [0.15, 0.2) is 18.2 Å². The molecule has 2 aliphatic heterocycles. The number of benzene rings is 1. The number of carbonyl (C=O) groups is 1. The summed E-state index contributed by atoms with van der Waals surface area (Å²) in [6.07, 6.45) is 1.11. The number of hydrogen-bond donors (Lipinski definition) is 1. The van der Waals surface area contributed by atoms with Crippen molar-refractivity contribution in [2.45, 2.75) is 37.5 Å². The Balaban J connectivity index is 1.87. The van der Waals surface area contributed by atoms with E-state index in [1.807, 2.05) is 13.8 Å². The van der Waals surface area contributed by atoms with Gasteiger partial charge in [-0.25, -0.2) is 13.6 Å². The Morgan fingerprint density at radius 1 is 1.25 bits per heavy atom. The third-order valence-corrected chi connectivity index (χ3v) is 5.79. The number of sulfonamides is 1. The molecule has 1 aromatic rings. The second-order valence-electron chi connectivity index (χ2n) is 6.86. The molecule has 2 aliphatic rings. The van der Waals surface area contributed by atoms with Gasteiger partial charge in [-0.1, -0.05) is 0 Å². The molecular weight excluding hydrogens is 332 g/mol. The fraction of sp³-hybridized carbons (Fsp3) is 0.562. The van der Waals surface area contributed by atoms with Gasteiger partial charge in [0.25, 0.3) is 5.91 Å². The summed E-state index contributed by atoms with van der Waals surface area (Å²) in [4.78, 5) is 14.5. The van der Waals surface area contributed by atoms with Crippen molar-refractivity contribution in [2.24, 2.45) is 5.14 Å². The van der Waals surface area contributed by atoms with Gasteiger partial charge in [0.2, 0.25) is 10.0 Å². The Morgan fingerprint density at radius 3 is 2.54 bits per heavy atom. The van der Waals surface area contributed by atoms with Gasteiger partial charge in [-0.05, 0) is 38.5 Å². The summed E-state index contributed by atoms with van der Waals surface area (Å²) in [6.45, 7) is 4.90. The van der Waals surface area contributed by atoms with Crippen molar-refractivity contribution in [3.63, 3.8) is 0 Å². The molecule has 7 nitrogen and oxygen atoms in total. The average molecular weight is 354 g/mol. The summed E-state index contributed by atoms with van der Waals surface area (Å²) in [7, 11) is -3.68. The van der Waals surface area contributed by atoms with Crippen molar-refractivity contribution in [2.75, 3.05) is 19.8 Å². The number of ether oxygens (including phenoxy) is 2. The summed E-state index contributed by atoms with van der Waals surface area (Å²) >= 11 is 0. The van der Waals surface area contributed by atoms with Crippen LogP contribution in [0.25, 0.3) is 0 Å². The van der Waals surface area contributed by atoms with E-state index in [4.69, 9.17) is 14.6 Å². The quantitative estimate of drug-likeness (QED) is 0.858. The van der Waals surface area contributed by atoms with Crippen molar-refractivity contribution in [3.05, 3.63) is 23.8 Å². The zero-order valence-corrected chi connectivity index (χ0v) is 14.6. The number of carbonyl (C=O) groups excluding carboxylic acids is 1. The molecule has 1 fully saturated rings. The highest BCUT2D eigenvalue weighted by atomic mass is 32.2. The van der Waals surface area contributed by atoms with Crippen LogP contribution in [0, 0.1) is 0 Å². The van der Waals surface area contributed by atoms with Crippen LogP contribution < -0.4 is 14.6 Å². The monoisotopic (exact) mass is 354 g/mol. The Kier molecular flexibility index (Phi) is 4.21. The number of rotatable bonds is 2. The summed E-state index contributed by atoms with van der Waals surface area (Å²) in [6, 6.07) is 5.05. The Morgan fingerprint density at radius 2 is 1.92 bits per heavy atom. The van der Waals surface area contributed by atoms with Crippen LogP contribution in [-0.4, -0.2) is 49.8 Å². The van der Waals surface area contributed by atoms with E-state index < -0.39 is 20.8 Å². The predicted octanol–water partition coefficient (Wildman–Crippen LogP) is 1.13. The molecule has 0 spiro atoms. The number of fused-ring (bicyclic) bond motifs is 1. The minimum Gasteiger partial charge on any atom is -0.490 e. The van der Waals surface area contributed by atoms with Gasteiger partial charge < -0.3 is 14.4 Å². The first kappa shape index (κ1) is 17.0. The van der Waals surface area contributed by atoms with Crippen LogP contribution >= 0.6 is 0 Å². The van der Waals surface area contributed by atoms with Crippen molar-refractivity contribution in [1.82, 2.24) is 4.90 Å². The molecule has 1 amide bonds. The Bertz CT molecular complexity index is 760. The highest BCUT2D eigenvalue weighted by Gasteiger charge is 2.45. The molecule has 0 radical (unpaired) electrons. The molecule has 3 rings (SSSR count). The summed E-state index contributed by atoms with van der Waals surface area (Å²) in [5, 5.41) is 4.53. The van der Waals surface area contributed by atoms with Crippen LogP contribution in [0.5, 0.6) is 11.5 Å². The van der Waals surface area contributed by atoms with Gasteiger partial charge in [-0.3, -0.25) is 4.79 Å². The molecule has 1 saturated heterocycles. The molecule has 0 bridgehead atoms. The van der Waals surface area contributed by atoms with Crippen LogP contribution in [0.3, 0.4) is 0 Å². The average Bonchev–Trinajstić information content (AvgIpc) is 2.69.